The molecule has 1 aromatic carbocycles. The molecule has 7 heteroatoms. The van der Waals surface area contributed by atoms with E-state index < -0.39 is 15.6 Å². The van der Waals surface area contributed by atoms with Crippen LogP contribution in [0.4, 0.5) is 0 Å². The van der Waals surface area contributed by atoms with Gasteiger partial charge in [-0.3, -0.25) is 4.79 Å². The molecule has 0 saturated carbocycles. The molecule has 0 atom stereocenters. The Labute approximate surface area is 138 Å². The lowest BCUT2D eigenvalue weighted by Gasteiger charge is -2.21. The van der Waals surface area contributed by atoms with E-state index in [0.717, 1.165) is 0 Å². The molecule has 0 heterocycles. The maximum atomic E-state index is 12.2. The summed E-state index contributed by atoms with van der Waals surface area (Å²) in [6.45, 7) is 10.8. The molecule has 0 aromatic heterocycles. The first-order valence-corrected chi connectivity index (χ1v) is 8.85. The molecular formula is C16H26N2O4S. The number of hydrogen-bond donors (Lipinski definition) is 2. The van der Waals surface area contributed by atoms with Crippen LogP contribution in [-0.2, 0) is 14.8 Å². The topological polar surface area (TPSA) is 84.5 Å². The van der Waals surface area contributed by atoms with Gasteiger partial charge in [-0.2, -0.15) is 0 Å². The highest BCUT2D eigenvalue weighted by Crippen LogP contribution is 2.17. The van der Waals surface area contributed by atoms with Gasteiger partial charge >= 0.3 is 0 Å². The molecule has 23 heavy (non-hydrogen) atoms. The summed E-state index contributed by atoms with van der Waals surface area (Å²) >= 11 is 0. The third-order valence-corrected chi connectivity index (χ3v) is 4.23. The van der Waals surface area contributed by atoms with Crippen molar-refractivity contribution in [2.24, 2.45) is 0 Å². The van der Waals surface area contributed by atoms with Gasteiger partial charge in [0.1, 0.15) is 5.75 Å². The number of carbonyl (C=O) groups excluding carboxylic acids is 1. The van der Waals surface area contributed by atoms with E-state index in [1.165, 1.54) is 24.3 Å². The summed E-state index contributed by atoms with van der Waals surface area (Å²) in [5.74, 6) is 0.201. The van der Waals surface area contributed by atoms with Crippen molar-refractivity contribution >= 4 is 15.9 Å². The summed E-state index contributed by atoms with van der Waals surface area (Å²) in [4.78, 5) is 11.8. The zero-order chi connectivity index (χ0) is 17.9. The Balaban J connectivity index is 2.69. The molecule has 2 N–H and O–H groups in total. The summed E-state index contributed by atoms with van der Waals surface area (Å²) in [5.41, 5.74) is -0.879. The maximum Gasteiger partial charge on any atom is 0.258 e. The third-order valence-electron chi connectivity index (χ3n) is 2.46. The average molecular weight is 342 g/mol. The molecule has 130 valence electrons. The average Bonchev–Trinajstić information content (AvgIpc) is 2.32. The highest BCUT2D eigenvalue weighted by atomic mass is 32.2. The second-order valence-corrected chi connectivity index (χ2v) is 9.10. The fraction of sp³-hybridized carbons (Fsp3) is 0.562. The molecule has 0 radical (unpaired) electrons. The number of hydrogen-bond acceptors (Lipinski definition) is 4. The van der Waals surface area contributed by atoms with E-state index in [-0.39, 0.29) is 22.9 Å². The van der Waals surface area contributed by atoms with Gasteiger partial charge in [0.15, 0.2) is 6.61 Å². The van der Waals surface area contributed by atoms with Crippen molar-refractivity contribution in [3.63, 3.8) is 0 Å². The second kappa shape index (κ2) is 6.88. The first kappa shape index (κ1) is 19.4. The van der Waals surface area contributed by atoms with Gasteiger partial charge in [-0.05, 0) is 65.8 Å². The van der Waals surface area contributed by atoms with Crippen LogP contribution in [0.3, 0.4) is 0 Å². The van der Waals surface area contributed by atoms with E-state index in [2.05, 4.69) is 10.0 Å². The largest absolute Gasteiger partial charge is 0.484 e. The van der Waals surface area contributed by atoms with E-state index in [1.807, 2.05) is 20.8 Å². The Morgan fingerprint density at radius 1 is 1.00 bits per heavy atom. The van der Waals surface area contributed by atoms with E-state index in [0.29, 0.717) is 5.75 Å². The van der Waals surface area contributed by atoms with Crippen LogP contribution in [0.5, 0.6) is 5.75 Å². The van der Waals surface area contributed by atoms with E-state index in [1.54, 1.807) is 20.8 Å². The Morgan fingerprint density at radius 3 is 1.96 bits per heavy atom. The number of carbonyl (C=O) groups is 1. The number of ether oxygens (including phenoxy) is 1. The highest BCUT2D eigenvalue weighted by Gasteiger charge is 2.22. The van der Waals surface area contributed by atoms with Gasteiger partial charge in [0.25, 0.3) is 5.91 Å². The van der Waals surface area contributed by atoms with Crippen molar-refractivity contribution in [3.05, 3.63) is 24.3 Å². The van der Waals surface area contributed by atoms with Crippen LogP contribution in [0.2, 0.25) is 0 Å². The summed E-state index contributed by atoms with van der Waals surface area (Å²) < 4.78 is 32.3. The molecule has 1 aromatic rings. The van der Waals surface area contributed by atoms with Crippen molar-refractivity contribution in [2.45, 2.75) is 57.5 Å². The Hall–Kier alpha value is -1.60. The summed E-state index contributed by atoms with van der Waals surface area (Å²) in [6.07, 6.45) is 0. The number of rotatable bonds is 5. The molecule has 6 nitrogen and oxygen atoms in total. The van der Waals surface area contributed by atoms with E-state index in [4.69, 9.17) is 4.74 Å². The monoisotopic (exact) mass is 342 g/mol. The molecule has 0 spiro atoms. The van der Waals surface area contributed by atoms with Crippen molar-refractivity contribution in [3.8, 4) is 5.75 Å². The summed E-state index contributed by atoms with van der Waals surface area (Å²) in [6, 6.07) is 5.96. The van der Waals surface area contributed by atoms with Crippen molar-refractivity contribution in [1.82, 2.24) is 10.0 Å². The zero-order valence-corrected chi connectivity index (χ0v) is 15.4. The zero-order valence-electron chi connectivity index (χ0n) is 14.6. The summed E-state index contributed by atoms with van der Waals surface area (Å²) in [5, 5.41) is 2.78. The summed E-state index contributed by atoms with van der Waals surface area (Å²) in [7, 11) is -3.57. The number of amides is 1. The molecule has 0 aliphatic heterocycles. The lowest BCUT2D eigenvalue weighted by atomic mass is 10.1. The predicted molar refractivity (Wildman–Crippen MR) is 89.9 cm³/mol. The van der Waals surface area contributed by atoms with Gasteiger partial charge in [-0.15, -0.1) is 0 Å². The van der Waals surface area contributed by atoms with Crippen LogP contribution < -0.4 is 14.8 Å². The lowest BCUT2D eigenvalue weighted by Crippen LogP contribution is -2.43. The molecule has 1 amide bonds. The van der Waals surface area contributed by atoms with Gasteiger partial charge in [-0.25, -0.2) is 13.1 Å². The van der Waals surface area contributed by atoms with Gasteiger partial charge in [0.2, 0.25) is 10.0 Å². The standard InChI is InChI=1S/C16H26N2O4S/c1-15(2,3)17-14(19)11-22-12-7-9-13(10-8-12)23(20,21)18-16(4,5)6/h7-10,18H,11H2,1-6H3,(H,17,19). The van der Waals surface area contributed by atoms with Gasteiger partial charge < -0.3 is 10.1 Å². The van der Waals surface area contributed by atoms with Crippen LogP contribution in [0.25, 0.3) is 0 Å². The number of sulfonamides is 1. The molecule has 0 aliphatic rings. The van der Waals surface area contributed by atoms with E-state index >= 15 is 0 Å². The fourth-order valence-corrected chi connectivity index (χ4v) is 3.20. The highest BCUT2D eigenvalue weighted by molar-refractivity contribution is 7.89. The fourth-order valence-electron chi connectivity index (χ4n) is 1.78. The SMILES string of the molecule is CC(C)(C)NC(=O)COc1ccc(S(=O)(=O)NC(C)(C)C)cc1. The normalized spacial score (nSPS) is 12.8. The quantitative estimate of drug-likeness (QED) is 0.858. The van der Waals surface area contributed by atoms with Crippen LogP contribution >= 0.6 is 0 Å². The molecule has 1 rings (SSSR count). The molecule has 0 bridgehead atoms. The minimum atomic E-state index is -3.57. The number of nitrogens with one attached hydrogen (secondary N) is 2. The minimum Gasteiger partial charge on any atom is -0.484 e. The predicted octanol–water partition coefficient (Wildman–Crippen LogP) is 2.06. The van der Waals surface area contributed by atoms with Gasteiger partial charge in [-0.1, -0.05) is 0 Å². The molecule has 0 aliphatic carbocycles. The first-order valence-electron chi connectivity index (χ1n) is 7.36. The van der Waals surface area contributed by atoms with Crippen LogP contribution in [-0.4, -0.2) is 32.0 Å². The van der Waals surface area contributed by atoms with Crippen LogP contribution in [0.1, 0.15) is 41.5 Å². The van der Waals surface area contributed by atoms with Crippen molar-refractivity contribution in [2.75, 3.05) is 6.61 Å². The van der Waals surface area contributed by atoms with E-state index in [9.17, 15) is 13.2 Å². The Kier molecular flexibility index (Phi) is 5.82. The molecule has 0 saturated heterocycles. The van der Waals surface area contributed by atoms with Crippen LogP contribution in [0, 0.1) is 0 Å². The molecule has 0 unspecified atom stereocenters. The first-order chi connectivity index (χ1) is 10.3. The van der Waals surface area contributed by atoms with Gasteiger partial charge in [0, 0.05) is 11.1 Å². The van der Waals surface area contributed by atoms with Crippen molar-refractivity contribution < 1.29 is 17.9 Å². The Morgan fingerprint density at radius 2 is 1.52 bits per heavy atom. The Bertz CT molecular complexity index is 638. The smallest absolute Gasteiger partial charge is 0.258 e. The van der Waals surface area contributed by atoms with Gasteiger partial charge in [0.05, 0.1) is 4.90 Å². The second-order valence-electron chi connectivity index (χ2n) is 7.41. The molecule has 0 fully saturated rings. The van der Waals surface area contributed by atoms with Crippen molar-refractivity contribution in [1.29, 1.82) is 0 Å². The third kappa shape index (κ3) is 7.47. The maximum absolute atomic E-state index is 12.2. The molecular weight excluding hydrogens is 316 g/mol. The lowest BCUT2D eigenvalue weighted by molar-refractivity contribution is -0.124. The van der Waals surface area contributed by atoms with Crippen LogP contribution in [0.15, 0.2) is 29.2 Å². The minimum absolute atomic E-state index is 0.121. The number of benzene rings is 1.